The van der Waals surface area contributed by atoms with Crippen LogP contribution < -0.4 is 0 Å². The lowest BCUT2D eigenvalue weighted by molar-refractivity contribution is 0.751. The van der Waals surface area contributed by atoms with Gasteiger partial charge in [0, 0.05) is 39.1 Å². The van der Waals surface area contributed by atoms with Crippen molar-refractivity contribution in [3.8, 4) is 28.8 Å². The largest absolute Gasteiger partial charge is 0.309 e. The quantitative estimate of drug-likeness (QED) is 0.183. The van der Waals surface area contributed by atoms with Gasteiger partial charge in [-0.3, -0.25) is 4.57 Å². The maximum Gasteiger partial charge on any atom is 0.235 e. The van der Waals surface area contributed by atoms with E-state index in [2.05, 4.69) is 155 Å². The maximum atomic E-state index is 9.41. The van der Waals surface area contributed by atoms with Crippen molar-refractivity contribution in [2.45, 2.75) is 24.7 Å². The summed E-state index contributed by atoms with van der Waals surface area (Å²) in [6, 6.07) is 42.9. The second-order valence-electron chi connectivity index (χ2n) is 13.6. The van der Waals surface area contributed by atoms with Crippen LogP contribution in [0.4, 0.5) is 0 Å². The van der Waals surface area contributed by atoms with Gasteiger partial charge in [0.1, 0.15) is 0 Å². The van der Waals surface area contributed by atoms with Crippen LogP contribution in [0.3, 0.4) is 0 Å². The molecule has 0 fully saturated rings. The summed E-state index contributed by atoms with van der Waals surface area (Å²) >= 11 is 0. The zero-order valence-corrected chi connectivity index (χ0v) is 28.4. The van der Waals surface area contributed by atoms with Gasteiger partial charge in [-0.25, -0.2) is 9.97 Å². The zero-order chi connectivity index (χ0) is 34.6. The lowest BCUT2D eigenvalue weighted by Gasteiger charge is -2.19. The molecular formula is C47H33N5. The van der Waals surface area contributed by atoms with Gasteiger partial charge in [0.2, 0.25) is 5.95 Å². The lowest BCUT2D eigenvalue weighted by atomic mass is 9.92. The maximum absolute atomic E-state index is 9.41. The third-order valence-electron chi connectivity index (χ3n) is 10.6. The molecule has 0 aliphatic heterocycles. The summed E-state index contributed by atoms with van der Waals surface area (Å²) in [7, 11) is 0. The standard InChI is InChI=1S/C47H33N5/c48-30-31-22-25-35(26-23-31)51-42-19-9-7-16-37(42)39-28-34(24-27-44(39)51)36-18-11-21-45-46(36)38-17-8-10-20-43(38)52(45)47-49-40(32-12-3-1-4-13-32)29-41(50-47)33-14-5-2-6-15-33/h1-12,14,16-29,32-33H,13,15H2. The van der Waals surface area contributed by atoms with Crippen molar-refractivity contribution in [3.05, 3.63) is 181 Å². The number of allylic oxidation sites excluding steroid dienone is 8. The first-order valence-corrected chi connectivity index (χ1v) is 17.9. The van der Waals surface area contributed by atoms with E-state index in [1.54, 1.807) is 0 Å². The van der Waals surface area contributed by atoms with Crippen LogP contribution in [-0.4, -0.2) is 19.1 Å². The van der Waals surface area contributed by atoms with Crippen LogP contribution in [0.5, 0.6) is 0 Å². The SMILES string of the molecule is N#Cc1ccc(-n2c3ccccc3c3cc(-c4cccc5c4c4ccccc4n5-c4nc(C5C=CC=CC5)cc(C5C=CC=CC5)n4)ccc32)cc1. The fourth-order valence-corrected chi connectivity index (χ4v) is 8.13. The fraction of sp³-hybridized carbons (Fsp3) is 0.0851. The van der Waals surface area contributed by atoms with E-state index in [4.69, 9.17) is 9.97 Å². The van der Waals surface area contributed by atoms with Gasteiger partial charge in [0.05, 0.1) is 45.1 Å². The van der Waals surface area contributed by atoms with Gasteiger partial charge in [0.15, 0.2) is 0 Å². The summed E-state index contributed by atoms with van der Waals surface area (Å²) in [4.78, 5) is 10.6. The molecule has 3 aromatic heterocycles. The lowest BCUT2D eigenvalue weighted by Crippen LogP contribution is -2.11. The van der Waals surface area contributed by atoms with E-state index in [9.17, 15) is 5.26 Å². The highest BCUT2D eigenvalue weighted by Gasteiger charge is 2.23. The number of para-hydroxylation sites is 2. The minimum absolute atomic E-state index is 0.204. The minimum atomic E-state index is 0.204. The van der Waals surface area contributed by atoms with E-state index in [0.29, 0.717) is 11.5 Å². The molecule has 2 unspecified atom stereocenters. The molecule has 10 rings (SSSR count). The highest BCUT2D eigenvalue weighted by Crippen LogP contribution is 2.41. The third kappa shape index (κ3) is 4.84. The Kier molecular flexibility index (Phi) is 7.07. The molecule has 0 N–H and O–H groups in total. The number of fused-ring (bicyclic) bond motifs is 6. The van der Waals surface area contributed by atoms with Crippen LogP contribution in [0.1, 0.15) is 41.6 Å². The highest BCUT2D eigenvalue weighted by molar-refractivity contribution is 6.17. The second-order valence-corrected chi connectivity index (χ2v) is 13.6. The summed E-state index contributed by atoms with van der Waals surface area (Å²) in [6.45, 7) is 0. The smallest absolute Gasteiger partial charge is 0.235 e. The number of rotatable bonds is 5. The molecule has 246 valence electrons. The van der Waals surface area contributed by atoms with Crippen LogP contribution in [-0.2, 0) is 0 Å². The average Bonchev–Trinajstić information content (AvgIpc) is 3.74. The molecule has 2 aliphatic rings. The highest BCUT2D eigenvalue weighted by atomic mass is 15.2. The number of hydrogen-bond donors (Lipinski definition) is 0. The normalized spacial score (nSPS) is 16.8. The van der Waals surface area contributed by atoms with Gasteiger partial charge in [0.25, 0.3) is 0 Å². The Morgan fingerprint density at radius 3 is 1.87 bits per heavy atom. The Bertz CT molecular complexity index is 2820. The van der Waals surface area contributed by atoms with E-state index in [1.165, 1.54) is 27.1 Å². The molecule has 5 aromatic carbocycles. The molecule has 0 saturated heterocycles. The van der Waals surface area contributed by atoms with Crippen molar-refractivity contribution >= 4 is 43.6 Å². The van der Waals surface area contributed by atoms with Crippen LogP contribution in [0, 0.1) is 11.3 Å². The predicted octanol–water partition coefficient (Wildman–Crippen LogP) is 11.4. The van der Waals surface area contributed by atoms with Crippen molar-refractivity contribution in [2.75, 3.05) is 0 Å². The molecule has 5 nitrogen and oxygen atoms in total. The predicted molar refractivity (Wildman–Crippen MR) is 212 cm³/mol. The molecule has 0 bridgehead atoms. The Hall–Kier alpha value is -6.77. The number of aromatic nitrogens is 4. The summed E-state index contributed by atoms with van der Waals surface area (Å²) < 4.78 is 4.56. The van der Waals surface area contributed by atoms with Gasteiger partial charge < -0.3 is 4.57 Å². The molecule has 2 atom stereocenters. The molecule has 5 heteroatoms. The fourth-order valence-electron chi connectivity index (χ4n) is 8.13. The van der Waals surface area contributed by atoms with E-state index in [-0.39, 0.29) is 11.8 Å². The Morgan fingerprint density at radius 2 is 1.19 bits per heavy atom. The van der Waals surface area contributed by atoms with Crippen molar-refractivity contribution in [3.63, 3.8) is 0 Å². The van der Waals surface area contributed by atoms with Crippen molar-refractivity contribution < 1.29 is 0 Å². The average molecular weight is 668 g/mol. The van der Waals surface area contributed by atoms with Gasteiger partial charge in [-0.05, 0) is 84.6 Å². The summed E-state index contributed by atoms with van der Waals surface area (Å²) in [5, 5.41) is 14.1. The van der Waals surface area contributed by atoms with Crippen LogP contribution >= 0.6 is 0 Å². The molecule has 3 heterocycles. The first kappa shape index (κ1) is 30.1. The Labute approximate surface area is 301 Å². The number of benzene rings is 5. The Morgan fingerprint density at radius 1 is 0.558 bits per heavy atom. The van der Waals surface area contributed by atoms with Gasteiger partial charge in [-0.2, -0.15) is 5.26 Å². The molecule has 2 aliphatic carbocycles. The van der Waals surface area contributed by atoms with Gasteiger partial charge in [-0.1, -0.05) is 103 Å². The van der Waals surface area contributed by atoms with Crippen LogP contribution in [0.25, 0.3) is 66.4 Å². The summed E-state index contributed by atoms with van der Waals surface area (Å²) in [5.74, 6) is 1.12. The molecular weight excluding hydrogens is 635 g/mol. The van der Waals surface area contributed by atoms with E-state index < -0.39 is 0 Å². The summed E-state index contributed by atoms with van der Waals surface area (Å²) in [6.07, 6.45) is 19.3. The van der Waals surface area contributed by atoms with Crippen molar-refractivity contribution in [1.82, 2.24) is 19.1 Å². The van der Waals surface area contributed by atoms with E-state index >= 15 is 0 Å². The second kappa shape index (κ2) is 12.2. The zero-order valence-electron chi connectivity index (χ0n) is 28.4. The number of nitriles is 1. The van der Waals surface area contributed by atoms with E-state index in [0.717, 1.165) is 57.5 Å². The topological polar surface area (TPSA) is 59.4 Å². The third-order valence-corrected chi connectivity index (χ3v) is 10.6. The number of hydrogen-bond acceptors (Lipinski definition) is 3. The van der Waals surface area contributed by atoms with Crippen LogP contribution in [0.2, 0.25) is 0 Å². The monoisotopic (exact) mass is 667 g/mol. The van der Waals surface area contributed by atoms with E-state index in [1.807, 2.05) is 24.3 Å². The van der Waals surface area contributed by atoms with Crippen LogP contribution in [0.15, 0.2) is 164 Å². The first-order valence-electron chi connectivity index (χ1n) is 17.9. The molecule has 52 heavy (non-hydrogen) atoms. The van der Waals surface area contributed by atoms with Gasteiger partial charge >= 0.3 is 0 Å². The van der Waals surface area contributed by atoms with Gasteiger partial charge in [-0.15, -0.1) is 0 Å². The molecule has 0 spiro atoms. The van der Waals surface area contributed by atoms with Crippen molar-refractivity contribution in [1.29, 1.82) is 5.26 Å². The molecule has 0 radical (unpaired) electrons. The minimum Gasteiger partial charge on any atom is -0.309 e. The molecule has 0 saturated carbocycles. The summed E-state index contributed by atoms with van der Waals surface area (Å²) in [5.41, 5.74) is 10.5. The first-order chi connectivity index (χ1) is 25.7. The molecule has 8 aromatic rings. The Balaban J connectivity index is 1.19. The molecule has 0 amide bonds. The number of nitrogens with zero attached hydrogens (tertiary/aromatic N) is 5. The van der Waals surface area contributed by atoms with Crippen molar-refractivity contribution in [2.24, 2.45) is 0 Å².